The second-order valence-electron chi connectivity index (χ2n) is 4.55. The second-order valence-corrected chi connectivity index (χ2v) is 4.55. The number of aryl methyl sites for hydroxylation is 2. The van der Waals surface area contributed by atoms with Gasteiger partial charge in [-0.2, -0.15) is 0 Å². The van der Waals surface area contributed by atoms with Crippen molar-refractivity contribution in [2.24, 2.45) is 5.73 Å². The lowest BCUT2D eigenvalue weighted by molar-refractivity contribution is 0.615. The standard InChI is InChI=1S/C15H15F2N/c1-9-5-12(8-13(16)6-9)15(18)11-3-4-14(17)10(2)7-11/h3-8,15H,18H2,1-2H3. The van der Waals surface area contributed by atoms with E-state index in [1.807, 2.05) is 13.0 Å². The summed E-state index contributed by atoms with van der Waals surface area (Å²) in [6.07, 6.45) is 0. The first-order valence-corrected chi connectivity index (χ1v) is 5.76. The Morgan fingerprint density at radius 2 is 1.67 bits per heavy atom. The fraction of sp³-hybridized carbons (Fsp3) is 0.200. The average molecular weight is 247 g/mol. The molecule has 0 heterocycles. The first-order valence-electron chi connectivity index (χ1n) is 5.76. The lowest BCUT2D eigenvalue weighted by Gasteiger charge is -2.14. The van der Waals surface area contributed by atoms with Crippen molar-refractivity contribution in [1.29, 1.82) is 0 Å². The second kappa shape index (κ2) is 4.86. The fourth-order valence-corrected chi connectivity index (χ4v) is 2.00. The number of hydrogen-bond acceptors (Lipinski definition) is 1. The van der Waals surface area contributed by atoms with Crippen LogP contribution in [-0.4, -0.2) is 0 Å². The molecule has 94 valence electrons. The van der Waals surface area contributed by atoms with E-state index < -0.39 is 6.04 Å². The Balaban J connectivity index is 2.40. The van der Waals surface area contributed by atoms with E-state index in [1.54, 1.807) is 19.1 Å². The van der Waals surface area contributed by atoms with Crippen LogP contribution in [0.25, 0.3) is 0 Å². The highest BCUT2D eigenvalue weighted by Gasteiger charge is 2.11. The van der Waals surface area contributed by atoms with Crippen LogP contribution in [0, 0.1) is 25.5 Å². The van der Waals surface area contributed by atoms with Gasteiger partial charge in [-0.3, -0.25) is 0 Å². The first-order chi connectivity index (χ1) is 8.47. The molecular weight excluding hydrogens is 232 g/mol. The fourth-order valence-electron chi connectivity index (χ4n) is 2.00. The molecule has 0 fully saturated rings. The van der Waals surface area contributed by atoms with Crippen LogP contribution in [0.15, 0.2) is 36.4 Å². The van der Waals surface area contributed by atoms with E-state index in [9.17, 15) is 8.78 Å². The smallest absolute Gasteiger partial charge is 0.126 e. The highest BCUT2D eigenvalue weighted by Crippen LogP contribution is 2.23. The Kier molecular flexibility index (Phi) is 3.43. The van der Waals surface area contributed by atoms with E-state index in [-0.39, 0.29) is 11.6 Å². The summed E-state index contributed by atoms with van der Waals surface area (Å²) in [6, 6.07) is 8.97. The molecule has 0 spiro atoms. The third kappa shape index (κ3) is 2.57. The first kappa shape index (κ1) is 12.7. The van der Waals surface area contributed by atoms with Crippen LogP contribution in [0.3, 0.4) is 0 Å². The SMILES string of the molecule is Cc1cc(F)cc(C(N)c2ccc(F)c(C)c2)c1. The third-order valence-electron chi connectivity index (χ3n) is 2.96. The van der Waals surface area contributed by atoms with Crippen molar-refractivity contribution in [1.82, 2.24) is 0 Å². The minimum absolute atomic E-state index is 0.263. The molecule has 0 radical (unpaired) electrons. The van der Waals surface area contributed by atoms with Crippen LogP contribution < -0.4 is 5.73 Å². The van der Waals surface area contributed by atoms with Crippen molar-refractivity contribution >= 4 is 0 Å². The van der Waals surface area contributed by atoms with Crippen molar-refractivity contribution in [3.05, 3.63) is 70.3 Å². The van der Waals surface area contributed by atoms with Crippen LogP contribution in [0.5, 0.6) is 0 Å². The van der Waals surface area contributed by atoms with Gasteiger partial charge in [0.15, 0.2) is 0 Å². The van der Waals surface area contributed by atoms with Gasteiger partial charge in [-0.15, -0.1) is 0 Å². The monoisotopic (exact) mass is 247 g/mol. The quantitative estimate of drug-likeness (QED) is 0.861. The molecule has 0 bridgehead atoms. The minimum Gasteiger partial charge on any atom is -0.320 e. The van der Waals surface area contributed by atoms with Crippen LogP contribution in [-0.2, 0) is 0 Å². The maximum Gasteiger partial charge on any atom is 0.126 e. The van der Waals surface area contributed by atoms with Gasteiger partial charge in [0.1, 0.15) is 11.6 Å². The van der Waals surface area contributed by atoms with Crippen molar-refractivity contribution in [2.45, 2.75) is 19.9 Å². The molecule has 1 nitrogen and oxygen atoms in total. The van der Waals surface area contributed by atoms with Gasteiger partial charge < -0.3 is 5.73 Å². The van der Waals surface area contributed by atoms with Crippen LogP contribution in [0.2, 0.25) is 0 Å². The van der Waals surface area contributed by atoms with Gasteiger partial charge in [-0.25, -0.2) is 8.78 Å². The molecule has 0 saturated heterocycles. The third-order valence-corrected chi connectivity index (χ3v) is 2.96. The topological polar surface area (TPSA) is 26.0 Å². The van der Waals surface area contributed by atoms with Gasteiger partial charge in [-0.05, 0) is 54.3 Å². The molecule has 0 amide bonds. The Bertz CT molecular complexity index is 558. The normalized spacial score (nSPS) is 12.5. The van der Waals surface area contributed by atoms with Crippen LogP contribution in [0.4, 0.5) is 8.78 Å². The number of nitrogens with two attached hydrogens (primary N) is 1. The highest BCUT2D eigenvalue weighted by atomic mass is 19.1. The molecule has 2 rings (SSSR count). The van der Waals surface area contributed by atoms with Gasteiger partial charge in [0.05, 0.1) is 6.04 Å². The van der Waals surface area contributed by atoms with Crippen LogP contribution in [0.1, 0.15) is 28.3 Å². The van der Waals surface area contributed by atoms with Crippen molar-refractivity contribution < 1.29 is 8.78 Å². The lowest BCUT2D eigenvalue weighted by atomic mass is 9.97. The molecule has 2 aromatic carbocycles. The van der Waals surface area contributed by atoms with Crippen molar-refractivity contribution in [3.8, 4) is 0 Å². The van der Waals surface area contributed by atoms with Gasteiger partial charge >= 0.3 is 0 Å². The Morgan fingerprint density at radius 3 is 2.28 bits per heavy atom. The zero-order valence-corrected chi connectivity index (χ0v) is 10.4. The van der Waals surface area contributed by atoms with Crippen LogP contribution >= 0.6 is 0 Å². The molecule has 1 unspecified atom stereocenters. The summed E-state index contributed by atoms with van der Waals surface area (Å²) in [6.45, 7) is 3.50. The van der Waals surface area contributed by atoms with E-state index in [1.165, 1.54) is 18.2 Å². The number of rotatable bonds is 2. The molecule has 3 heteroatoms. The number of halogens is 2. The van der Waals surface area contributed by atoms with Gasteiger partial charge in [0.2, 0.25) is 0 Å². The summed E-state index contributed by atoms with van der Waals surface area (Å²) in [7, 11) is 0. The number of hydrogen-bond donors (Lipinski definition) is 1. The van der Waals surface area contributed by atoms with E-state index in [0.717, 1.165) is 11.1 Å². The highest BCUT2D eigenvalue weighted by molar-refractivity contribution is 5.36. The largest absolute Gasteiger partial charge is 0.320 e. The molecule has 0 saturated carbocycles. The summed E-state index contributed by atoms with van der Waals surface area (Å²) in [5, 5.41) is 0. The number of benzene rings is 2. The lowest BCUT2D eigenvalue weighted by Crippen LogP contribution is -2.12. The Morgan fingerprint density at radius 1 is 0.944 bits per heavy atom. The molecule has 2 aromatic rings. The minimum atomic E-state index is -0.446. The molecule has 1 atom stereocenters. The Labute approximate surface area is 105 Å². The molecule has 0 aromatic heterocycles. The average Bonchev–Trinajstić information content (AvgIpc) is 2.30. The molecule has 0 aliphatic rings. The maximum atomic E-state index is 13.3. The van der Waals surface area contributed by atoms with E-state index in [0.29, 0.717) is 11.1 Å². The maximum absolute atomic E-state index is 13.3. The summed E-state index contributed by atoms with van der Waals surface area (Å²) in [5.41, 5.74) is 8.91. The molecular formula is C15H15F2N. The zero-order valence-electron chi connectivity index (χ0n) is 10.4. The summed E-state index contributed by atoms with van der Waals surface area (Å²) in [4.78, 5) is 0. The molecule has 0 aliphatic heterocycles. The molecule has 18 heavy (non-hydrogen) atoms. The molecule has 2 N–H and O–H groups in total. The van der Waals surface area contributed by atoms with Gasteiger partial charge in [0, 0.05) is 0 Å². The van der Waals surface area contributed by atoms with Gasteiger partial charge in [0.25, 0.3) is 0 Å². The zero-order chi connectivity index (χ0) is 13.3. The van der Waals surface area contributed by atoms with Crippen molar-refractivity contribution in [3.63, 3.8) is 0 Å². The summed E-state index contributed by atoms with van der Waals surface area (Å²) >= 11 is 0. The van der Waals surface area contributed by atoms with Gasteiger partial charge in [-0.1, -0.05) is 18.2 Å². The van der Waals surface area contributed by atoms with Crippen molar-refractivity contribution in [2.75, 3.05) is 0 Å². The van der Waals surface area contributed by atoms with E-state index >= 15 is 0 Å². The molecule has 0 aliphatic carbocycles. The predicted molar refractivity (Wildman–Crippen MR) is 68.3 cm³/mol. The Hall–Kier alpha value is -1.74. The summed E-state index contributed by atoms with van der Waals surface area (Å²) in [5.74, 6) is -0.569. The van der Waals surface area contributed by atoms with E-state index in [2.05, 4.69) is 0 Å². The predicted octanol–water partition coefficient (Wildman–Crippen LogP) is 3.63. The van der Waals surface area contributed by atoms with E-state index in [4.69, 9.17) is 5.73 Å². The summed E-state index contributed by atoms with van der Waals surface area (Å²) < 4.78 is 26.5.